The van der Waals surface area contributed by atoms with E-state index in [0.717, 1.165) is 44.9 Å². The first kappa shape index (κ1) is 23.8. The van der Waals surface area contributed by atoms with Crippen molar-refractivity contribution >= 4 is 28.6 Å². The van der Waals surface area contributed by atoms with Crippen molar-refractivity contribution in [2.75, 3.05) is 0 Å². The standard InChI is InChI=1S/C24H41IO4/c1-6-18(25)19(26)29-22-13-17-11-20(15-22,23(27,7-2)8-3)14-21(12-17,16-22)24(28,9-4)10-5/h17-18,27-28H,6-16H2,1-5H3. The number of esters is 1. The molecule has 0 aliphatic heterocycles. The number of rotatable bonds is 9. The van der Waals surface area contributed by atoms with Crippen molar-refractivity contribution in [1.29, 1.82) is 0 Å². The molecule has 4 saturated carbocycles. The third-order valence-corrected chi connectivity index (χ3v) is 10.7. The van der Waals surface area contributed by atoms with Crippen molar-refractivity contribution in [3.63, 3.8) is 0 Å². The van der Waals surface area contributed by atoms with Gasteiger partial charge in [-0.2, -0.15) is 0 Å². The zero-order chi connectivity index (χ0) is 21.7. The summed E-state index contributed by atoms with van der Waals surface area (Å²) in [4.78, 5) is 12.9. The van der Waals surface area contributed by atoms with Gasteiger partial charge in [0, 0.05) is 10.8 Å². The summed E-state index contributed by atoms with van der Waals surface area (Å²) in [6, 6.07) is 0. The minimum atomic E-state index is -0.772. The van der Waals surface area contributed by atoms with Crippen LogP contribution in [-0.2, 0) is 9.53 Å². The molecule has 168 valence electrons. The SMILES string of the molecule is CCC(I)C(=O)OC12CC3CC(C(O)(CC)CC)(C1)CC(C(O)(CC)CC)(C3)C2. The molecule has 0 heterocycles. The molecule has 0 saturated heterocycles. The number of hydrogen-bond donors (Lipinski definition) is 2. The fourth-order valence-electron chi connectivity index (χ4n) is 7.95. The van der Waals surface area contributed by atoms with Crippen molar-refractivity contribution in [2.24, 2.45) is 16.7 Å². The van der Waals surface area contributed by atoms with Crippen LogP contribution in [0.3, 0.4) is 0 Å². The van der Waals surface area contributed by atoms with Gasteiger partial charge in [0.1, 0.15) is 9.53 Å². The van der Waals surface area contributed by atoms with Crippen LogP contribution < -0.4 is 0 Å². The van der Waals surface area contributed by atoms with Crippen molar-refractivity contribution in [3.05, 3.63) is 0 Å². The second-order valence-electron chi connectivity index (χ2n) is 10.5. The van der Waals surface area contributed by atoms with Crippen LogP contribution in [0.15, 0.2) is 0 Å². The Labute approximate surface area is 190 Å². The Balaban J connectivity index is 2.10. The summed E-state index contributed by atoms with van der Waals surface area (Å²) in [7, 11) is 0. The van der Waals surface area contributed by atoms with Crippen molar-refractivity contribution in [1.82, 2.24) is 0 Å². The summed E-state index contributed by atoms with van der Waals surface area (Å²) in [5.41, 5.74) is -2.63. The van der Waals surface area contributed by atoms with E-state index in [1.165, 1.54) is 0 Å². The fourth-order valence-corrected chi connectivity index (χ4v) is 8.07. The van der Waals surface area contributed by atoms with Crippen LogP contribution in [-0.4, -0.2) is 36.9 Å². The van der Waals surface area contributed by atoms with Gasteiger partial charge in [0.05, 0.1) is 11.2 Å². The molecule has 4 rings (SSSR count). The highest BCUT2D eigenvalue weighted by Crippen LogP contribution is 2.74. The van der Waals surface area contributed by atoms with Crippen LogP contribution in [0.2, 0.25) is 0 Å². The lowest BCUT2D eigenvalue weighted by atomic mass is 9.36. The van der Waals surface area contributed by atoms with Gasteiger partial charge in [0.25, 0.3) is 0 Å². The number of hydrogen-bond acceptors (Lipinski definition) is 4. The molecule has 29 heavy (non-hydrogen) atoms. The van der Waals surface area contributed by atoms with E-state index in [-0.39, 0.29) is 20.7 Å². The van der Waals surface area contributed by atoms with E-state index in [1.54, 1.807) is 0 Å². The van der Waals surface area contributed by atoms with Gasteiger partial charge >= 0.3 is 5.97 Å². The number of carbonyl (C=O) groups is 1. The first-order chi connectivity index (χ1) is 13.5. The number of alkyl halides is 1. The smallest absolute Gasteiger partial charge is 0.319 e. The van der Waals surface area contributed by atoms with Crippen LogP contribution in [0.4, 0.5) is 0 Å². The van der Waals surface area contributed by atoms with Gasteiger partial charge < -0.3 is 14.9 Å². The van der Waals surface area contributed by atoms with Gasteiger partial charge in [-0.25, -0.2) is 0 Å². The quantitative estimate of drug-likeness (QED) is 0.238. The topological polar surface area (TPSA) is 66.8 Å². The lowest BCUT2D eigenvalue weighted by molar-refractivity contribution is -0.297. The fraction of sp³-hybridized carbons (Fsp3) is 0.958. The van der Waals surface area contributed by atoms with E-state index in [0.29, 0.717) is 31.6 Å². The van der Waals surface area contributed by atoms with E-state index < -0.39 is 16.8 Å². The predicted molar refractivity (Wildman–Crippen MR) is 124 cm³/mol. The van der Waals surface area contributed by atoms with Gasteiger partial charge in [-0.3, -0.25) is 4.79 Å². The minimum absolute atomic E-state index is 0.117. The predicted octanol–water partition coefficient (Wildman–Crippen LogP) is 5.55. The maximum Gasteiger partial charge on any atom is 0.319 e. The highest BCUT2D eigenvalue weighted by atomic mass is 127. The van der Waals surface area contributed by atoms with E-state index in [4.69, 9.17) is 4.74 Å². The summed E-state index contributed by atoms with van der Waals surface area (Å²) in [6.45, 7) is 10.3. The average molecular weight is 520 g/mol. The highest BCUT2D eigenvalue weighted by Gasteiger charge is 2.72. The summed E-state index contributed by atoms with van der Waals surface area (Å²) in [5, 5.41) is 23.6. The molecule has 4 nitrogen and oxygen atoms in total. The Morgan fingerprint density at radius 2 is 1.38 bits per heavy atom. The van der Waals surface area contributed by atoms with E-state index in [2.05, 4.69) is 50.3 Å². The van der Waals surface area contributed by atoms with Gasteiger partial charge in [0.2, 0.25) is 0 Å². The Hall–Kier alpha value is 0.120. The maximum atomic E-state index is 12.9. The monoisotopic (exact) mass is 520 g/mol. The van der Waals surface area contributed by atoms with Crippen molar-refractivity contribution in [3.8, 4) is 0 Å². The van der Waals surface area contributed by atoms with Crippen LogP contribution in [0.1, 0.15) is 105 Å². The number of carbonyl (C=O) groups excluding carboxylic acids is 1. The van der Waals surface area contributed by atoms with E-state index >= 15 is 0 Å². The van der Waals surface area contributed by atoms with Crippen molar-refractivity contribution in [2.45, 2.75) is 126 Å². The third kappa shape index (κ3) is 3.49. The first-order valence-electron chi connectivity index (χ1n) is 11.8. The molecule has 3 unspecified atom stereocenters. The van der Waals surface area contributed by atoms with Gasteiger partial charge in [-0.1, -0.05) is 57.2 Å². The molecule has 5 heteroatoms. The second kappa shape index (κ2) is 7.91. The zero-order valence-electron chi connectivity index (χ0n) is 19.0. The normalized spacial score (nSPS) is 37.6. The molecule has 0 spiro atoms. The Kier molecular flexibility index (Phi) is 6.49. The maximum absolute atomic E-state index is 12.9. The summed E-state index contributed by atoms with van der Waals surface area (Å²) >= 11 is 2.19. The third-order valence-electron chi connectivity index (χ3n) is 9.26. The second-order valence-corrected chi connectivity index (χ2v) is 12.0. The Bertz CT molecular complexity index is 590. The molecule has 3 atom stereocenters. The molecule has 0 aromatic rings. The lowest BCUT2D eigenvalue weighted by Gasteiger charge is -2.71. The largest absolute Gasteiger partial charge is 0.458 e. The average Bonchev–Trinajstić information content (AvgIpc) is 2.70. The Morgan fingerprint density at radius 3 is 1.76 bits per heavy atom. The molecule has 2 N–H and O–H groups in total. The van der Waals surface area contributed by atoms with E-state index in [9.17, 15) is 15.0 Å². The van der Waals surface area contributed by atoms with Gasteiger partial charge in [0.15, 0.2) is 0 Å². The van der Waals surface area contributed by atoms with Crippen LogP contribution in [0, 0.1) is 16.7 Å². The molecule has 0 radical (unpaired) electrons. The summed E-state index contributed by atoms with van der Waals surface area (Å²) < 4.78 is 6.21. The van der Waals surface area contributed by atoms with Gasteiger partial charge in [-0.05, 0) is 76.5 Å². The van der Waals surface area contributed by atoms with Crippen LogP contribution >= 0.6 is 22.6 Å². The molecule has 0 amide bonds. The molecule has 4 aliphatic carbocycles. The number of aliphatic hydroxyl groups is 2. The number of ether oxygens (including phenoxy) is 1. The minimum Gasteiger partial charge on any atom is -0.458 e. The van der Waals surface area contributed by atoms with Crippen molar-refractivity contribution < 1.29 is 19.7 Å². The molecule has 4 bridgehead atoms. The summed E-state index contributed by atoms with van der Waals surface area (Å²) in [5.74, 6) is 0.288. The molecule has 4 fully saturated rings. The van der Waals surface area contributed by atoms with Gasteiger partial charge in [-0.15, -0.1) is 0 Å². The van der Waals surface area contributed by atoms with Crippen LogP contribution in [0.25, 0.3) is 0 Å². The molecule has 0 aromatic carbocycles. The highest BCUT2D eigenvalue weighted by molar-refractivity contribution is 14.1. The van der Waals surface area contributed by atoms with Crippen LogP contribution in [0.5, 0.6) is 0 Å². The molecule has 4 aliphatic rings. The summed E-state index contributed by atoms with van der Waals surface area (Å²) in [6.07, 6.45) is 8.82. The number of halogens is 1. The van der Waals surface area contributed by atoms with E-state index in [1.807, 2.05) is 6.92 Å². The molecule has 0 aromatic heterocycles. The Morgan fingerprint density at radius 1 is 0.931 bits per heavy atom. The first-order valence-corrected chi connectivity index (χ1v) is 13.1. The lowest BCUT2D eigenvalue weighted by Crippen LogP contribution is -2.71. The molecular formula is C24H41IO4. The molecular weight excluding hydrogens is 479 g/mol. The zero-order valence-corrected chi connectivity index (χ0v) is 21.2.